The fourth-order valence-corrected chi connectivity index (χ4v) is 3.18. The Balaban J connectivity index is 1.36. The highest BCUT2D eigenvalue weighted by Gasteiger charge is 2.28. The van der Waals surface area contributed by atoms with Gasteiger partial charge in [0, 0.05) is 50.8 Å². The lowest BCUT2D eigenvalue weighted by atomic mass is 10.2. The molecule has 1 saturated carbocycles. The summed E-state index contributed by atoms with van der Waals surface area (Å²) in [7, 11) is 0. The number of rotatable bonds is 5. The minimum atomic E-state index is -2.57. The third kappa shape index (κ3) is 3.78. The molecule has 1 aliphatic carbocycles. The molecular weight excluding hydrogens is 328 g/mol. The topological polar surface area (TPSA) is 58.3 Å². The van der Waals surface area contributed by atoms with Crippen LogP contribution < -0.4 is 4.90 Å². The molecule has 0 N–H and O–H groups in total. The number of halogens is 2. The molecule has 3 heterocycles. The van der Waals surface area contributed by atoms with E-state index in [1.165, 1.54) is 18.9 Å². The maximum absolute atomic E-state index is 12.9. The van der Waals surface area contributed by atoms with Gasteiger partial charge in [-0.3, -0.25) is 4.90 Å². The van der Waals surface area contributed by atoms with E-state index in [2.05, 4.69) is 26.1 Å². The van der Waals surface area contributed by atoms with E-state index in [9.17, 15) is 8.78 Å². The first-order chi connectivity index (χ1) is 12.1. The van der Waals surface area contributed by atoms with Crippen molar-refractivity contribution in [2.45, 2.75) is 38.7 Å². The highest BCUT2D eigenvalue weighted by atomic mass is 19.3. The molecule has 0 radical (unpaired) electrons. The summed E-state index contributed by atoms with van der Waals surface area (Å²) >= 11 is 0. The lowest BCUT2D eigenvalue weighted by Crippen LogP contribution is -2.46. The number of alkyl halides is 2. The molecule has 2 aliphatic rings. The normalized spacial score (nSPS) is 19.0. The largest absolute Gasteiger partial charge is 0.361 e. The van der Waals surface area contributed by atoms with Gasteiger partial charge in [-0.25, -0.2) is 18.7 Å². The summed E-state index contributed by atoms with van der Waals surface area (Å²) in [6.07, 6.45) is -0.173. The van der Waals surface area contributed by atoms with Crippen molar-refractivity contribution in [1.29, 1.82) is 0 Å². The molecule has 4 rings (SSSR count). The van der Waals surface area contributed by atoms with Gasteiger partial charge in [0.25, 0.3) is 6.43 Å². The Labute approximate surface area is 144 Å². The SMILES string of the molecule is Cc1nc(C(F)F)cc(N2CCN(Cc3cc(C4CC4)on3)CC2)n1. The van der Waals surface area contributed by atoms with Crippen LogP contribution >= 0.6 is 0 Å². The maximum atomic E-state index is 12.9. The quantitative estimate of drug-likeness (QED) is 0.827. The molecule has 2 fully saturated rings. The fraction of sp³-hybridized carbons (Fsp3) is 0.588. The Morgan fingerprint density at radius 2 is 1.92 bits per heavy atom. The Bertz CT molecular complexity index is 738. The molecule has 25 heavy (non-hydrogen) atoms. The molecule has 8 heteroatoms. The molecule has 1 aliphatic heterocycles. The van der Waals surface area contributed by atoms with Crippen LogP contribution in [0.25, 0.3) is 0 Å². The van der Waals surface area contributed by atoms with Gasteiger partial charge >= 0.3 is 0 Å². The van der Waals surface area contributed by atoms with E-state index in [-0.39, 0.29) is 5.69 Å². The van der Waals surface area contributed by atoms with Gasteiger partial charge in [-0.1, -0.05) is 5.16 Å². The molecule has 0 unspecified atom stereocenters. The second-order valence-corrected chi connectivity index (χ2v) is 6.76. The molecular formula is C17H21F2N5O. The van der Waals surface area contributed by atoms with Gasteiger partial charge in [-0.05, 0) is 19.8 Å². The van der Waals surface area contributed by atoms with Gasteiger partial charge < -0.3 is 9.42 Å². The average molecular weight is 349 g/mol. The zero-order chi connectivity index (χ0) is 17.4. The molecule has 0 spiro atoms. The van der Waals surface area contributed by atoms with Gasteiger partial charge in [-0.15, -0.1) is 0 Å². The van der Waals surface area contributed by atoms with Crippen LogP contribution in [0.4, 0.5) is 14.6 Å². The predicted octanol–water partition coefficient (Wildman–Crippen LogP) is 2.91. The van der Waals surface area contributed by atoms with Crippen molar-refractivity contribution in [2.75, 3.05) is 31.1 Å². The van der Waals surface area contributed by atoms with Crippen LogP contribution in [0.1, 0.15) is 48.2 Å². The second-order valence-electron chi connectivity index (χ2n) is 6.76. The highest BCUT2D eigenvalue weighted by Crippen LogP contribution is 2.40. The number of aryl methyl sites for hydroxylation is 1. The Morgan fingerprint density at radius 3 is 2.60 bits per heavy atom. The Hall–Kier alpha value is -2.09. The number of hydrogen-bond acceptors (Lipinski definition) is 6. The minimum absolute atomic E-state index is 0.208. The van der Waals surface area contributed by atoms with Gasteiger partial charge in [0.05, 0.1) is 5.69 Å². The van der Waals surface area contributed by atoms with Crippen molar-refractivity contribution in [3.63, 3.8) is 0 Å². The van der Waals surface area contributed by atoms with Crippen LogP contribution in [-0.2, 0) is 6.54 Å². The lowest BCUT2D eigenvalue weighted by molar-refractivity contribution is 0.145. The van der Waals surface area contributed by atoms with Crippen LogP contribution in [0.5, 0.6) is 0 Å². The van der Waals surface area contributed by atoms with Crippen LogP contribution in [0, 0.1) is 6.92 Å². The number of nitrogens with zero attached hydrogens (tertiary/aromatic N) is 5. The summed E-state index contributed by atoms with van der Waals surface area (Å²) in [6, 6.07) is 3.46. The van der Waals surface area contributed by atoms with Crippen molar-refractivity contribution in [3.05, 3.63) is 35.1 Å². The first kappa shape index (κ1) is 16.4. The van der Waals surface area contributed by atoms with Crippen LogP contribution in [-0.4, -0.2) is 46.2 Å². The third-order valence-electron chi connectivity index (χ3n) is 4.71. The van der Waals surface area contributed by atoms with E-state index < -0.39 is 6.43 Å². The standard InChI is InChI=1S/C17H21F2N5O/c1-11-20-14(17(18)19)9-16(21-11)24-6-4-23(5-7-24)10-13-8-15(25-22-13)12-2-3-12/h8-9,12,17H,2-7,10H2,1H3. The van der Waals surface area contributed by atoms with E-state index in [1.807, 2.05) is 4.90 Å². The smallest absolute Gasteiger partial charge is 0.280 e. The number of aromatic nitrogens is 3. The molecule has 0 amide bonds. The monoisotopic (exact) mass is 349 g/mol. The summed E-state index contributed by atoms with van der Waals surface area (Å²) in [6.45, 7) is 5.55. The van der Waals surface area contributed by atoms with E-state index in [4.69, 9.17) is 4.52 Å². The van der Waals surface area contributed by atoms with Crippen LogP contribution in [0.2, 0.25) is 0 Å². The summed E-state index contributed by atoms with van der Waals surface area (Å²) < 4.78 is 31.3. The zero-order valence-corrected chi connectivity index (χ0v) is 14.2. The molecule has 0 atom stereocenters. The van der Waals surface area contributed by atoms with Crippen molar-refractivity contribution >= 4 is 5.82 Å². The van der Waals surface area contributed by atoms with Crippen molar-refractivity contribution < 1.29 is 13.3 Å². The van der Waals surface area contributed by atoms with Gasteiger partial charge in [0.15, 0.2) is 0 Å². The van der Waals surface area contributed by atoms with E-state index >= 15 is 0 Å². The molecule has 0 bridgehead atoms. The predicted molar refractivity (Wildman–Crippen MR) is 87.7 cm³/mol. The molecule has 2 aromatic heterocycles. The Kier molecular flexibility index (Phi) is 4.37. The lowest BCUT2D eigenvalue weighted by Gasteiger charge is -2.35. The Morgan fingerprint density at radius 1 is 1.16 bits per heavy atom. The fourth-order valence-electron chi connectivity index (χ4n) is 3.18. The van der Waals surface area contributed by atoms with Crippen molar-refractivity contribution in [3.8, 4) is 0 Å². The number of piperazine rings is 1. The third-order valence-corrected chi connectivity index (χ3v) is 4.71. The number of anilines is 1. The van der Waals surface area contributed by atoms with Gasteiger partial charge in [0.1, 0.15) is 23.1 Å². The van der Waals surface area contributed by atoms with Crippen molar-refractivity contribution in [2.24, 2.45) is 0 Å². The van der Waals surface area contributed by atoms with E-state index in [0.29, 0.717) is 17.6 Å². The highest BCUT2D eigenvalue weighted by molar-refractivity contribution is 5.40. The van der Waals surface area contributed by atoms with E-state index in [0.717, 1.165) is 44.2 Å². The first-order valence-corrected chi connectivity index (χ1v) is 8.65. The van der Waals surface area contributed by atoms with Crippen molar-refractivity contribution in [1.82, 2.24) is 20.0 Å². The zero-order valence-electron chi connectivity index (χ0n) is 14.2. The molecule has 0 aromatic carbocycles. The summed E-state index contributed by atoms with van der Waals surface area (Å²) in [5.41, 5.74) is 0.758. The molecule has 134 valence electrons. The minimum Gasteiger partial charge on any atom is -0.361 e. The second kappa shape index (κ2) is 6.67. The van der Waals surface area contributed by atoms with Crippen LogP contribution in [0.3, 0.4) is 0 Å². The number of hydrogen-bond donors (Lipinski definition) is 0. The maximum Gasteiger partial charge on any atom is 0.280 e. The summed E-state index contributed by atoms with van der Waals surface area (Å²) in [4.78, 5) is 12.5. The first-order valence-electron chi connectivity index (χ1n) is 8.65. The van der Waals surface area contributed by atoms with E-state index in [1.54, 1.807) is 6.92 Å². The molecule has 6 nitrogen and oxygen atoms in total. The molecule has 2 aromatic rings. The summed E-state index contributed by atoms with van der Waals surface area (Å²) in [5, 5.41) is 4.16. The van der Waals surface area contributed by atoms with Gasteiger partial charge in [0.2, 0.25) is 0 Å². The summed E-state index contributed by atoms with van der Waals surface area (Å²) in [5.74, 6) is 2.54. The van der Waals surface area contributed by atoms with Gasteiger partial charge in [-0.2, -0.15) is 0 Å². The van der Waals surface area contributed by atoms with Crippen LogP contribution in [0.15, 0.2) is 16.7 Å². The average Bonchev–Trinajstić information content (AvgIpc) is 3.35. The molecule has 1 saturated heterocycles.